The van der Waals surface area contributed by atoms with Crippen LogP contribution in [0.1, 0.15) is 18.4 Å². The molecular formula is C18H16ClN3O3. The quantitative estimate of drug-likeness (QED) is 0.790. The number of carbonyl (C=O) groups is 2. The Balaban J connectivity index is 1.46. The Kier molecular flexibility index (Phi) is 3.27. The first-order valence-corrected chi connectivity index (χ1v) is 8.81. The van der Waals surface area contributed by atoms with Gasteiger partial charge in [-0.1, -0.05) is 41.9 Å². The number of rotatable bonds is 3. The molecule has 1 aromatic carbocycles. The average Bonchev–Trinajstić information content (AvgIpc) is 3.34. The summed E-state index contributed by atoms with van der Waals surface area (Å²) in [4.78, 5) is 26.8. The summed E-state index contributed by atoms with van der Waals surface area (Å²) >= 11 is 6.31. The summed E-state index contributed by atoms with van der Waals surface area (Å²) in [6.45, 7) is 0.526. The van der Waals surface area contributed by atoms with Gasteiger partial charge in [0.1, 0.15) is 5.02 Å². The normalized spacial score (nSPS) is 30.4. The Morgan fingerprint density at radius 3 is 2.36 bits per heavy atom. The number of halogens is 1. The maximum absolute atomic E-state index is 12.8. The molecule has 3 saturated heterocycles. The van der Waals surface area contributed by atoms with Crippen molar-refractivity contribution in [3.63, 3.8) is 0 Å². The van der Waals surface area contributed by atoms with Crippen molar-refractivity contribution in [2.75, 3.05) is 4.90 Å². The number of anilines is 1. The van der Waals surface area contributed by atoms with Gasteiger partial charge in [-0.2, -0.15) is 5.10 Å². The van der Waals surface area contributed by atoms with Crippen LogP contribution in [-0.2, 0) is 20.9 Å². The van der Waals surface area contributed by atoms with Crippen molar-refractivity contribution >= 4 is 29.2 Å². The van der Waals surface area contributed by atoms with Crippen molar-refractivity contribution in [2.24, 2.45) is 11.8 Å². The Bertz CT molecular complexity index is 838. The highest BCUT2D eigenvalue weighted by atomic mass is 35.5. The molecule has 5 rings (SSSR count). The van der Waals surface area contributed by atoms with Crippen LogP contribution in [0, 0.1) is 11.8 Å². The SMILES string of the molecule is O=C1[C@@H]2[C@H](C(=O)N1c1nn(Cc3ccccc3)cc1Cl)[C@H]1CC[C@H]2O1. The number of aromatic nitrogens is 2. The molecule has 7 heteroatoms. The molecule has 3 fully saturated rings. The number of nitrogens with zero attached hydrogens (tertiary/aromatic N) is 3. The standard InChI is InChI=1S/C18H16ClN3O3/c19-11-9-21(8-10-4-2-1-3-5-10)20-16(11)22-17(23)14-12-6-7-13(25-12)15(14)18(22)24/h1-5,9,12-15H,6-8H2/t12-,13-,14-,15+/m1/s1. The van der Waals surface area contributed by atoms with Gasteiger partial charge >= 0.3 is 0 Å². The van der Waals surface area contributed by atoms with Gasteiger partial charge in [-0.15, -0.1) is 0 Å². The van der Waals surface area contributed by atoms with Crippen LogP contribution in [0.3, 0.4) is 0 Å². The van der Waals surface area contributed by atoms with E-state index < -0.39 is 0 Å². The molecule has 4 atom stereocenters. The van der Waals surface area contributed by atoms with Gasteiger partial charge in [-0.25, -0.2) is 4.90 Å². The third-order valence-electron chi connectivity index (χ3n) is 5.38. The van der Waals surface area contributed by atoms with Crippen LogP contribution in [0.5, 0.6) is 0 Å². The molecule has 128 valence electrons. The highest BCUT2D eigenvalue weighted by Crippen LogP contribution is 2.49. The van der Waals surface area contributed by atoms with Crippen molar-refractivity contribution in [3.8, 4) is 0 Å². The van der Waals surface area contributed by atoms with E-state index in [0.717, 1.165) is 18.4 Å². The molecule has 3 aliphatic rings. The molecule has 0 N–H and O–H groups in total. The molecule has 0 radical (unpaired) electrons. The Morgan fingerprint density at radius 2 is 1.72 bits per heavy atom. The molecule has 1 aromatic heterocycles. The number of imide groups is 1. The molecule has 3 aliphatic heterocycles. The van der Waals surface area contributed by atoms with E-state index >= 15 is 0 Å². The lowest BCUT2D eigenvalue weighted by Gasteiger charge is -2.15. The minimum Gasteiger partial charge on any atom is -0.373 e. The smallest absolute Gasteiger partial charge is 0.241 e. The first-order valence-electron chi connectivity index (χ1n) is 8.43. The summed E-state index contributed by atoms with van der Waals surface area (Å²) in [5, 5.41) is 4.72. The van der Waals surface area contributed by atoms with Crippen LogP contribution in [-0.4, -0.2) is 33.8 Å². The Labute approximate surface area is 149 Å². The lowest BCUT2D eigenvalue weighted by atomic mass is 9.81. The molecule has 2 aromatic rings. The number of benzene rings is 1. The van der Waals surface area contributed by atoms with E-state index in [0.29, 0.717) is 11.6 Å². The minimum absolute atomic E-state index is 0.137. The molecule has 0 saturated carbocycles. The van der Waals surface area contributed by atoms with E-state index in [1.165, 1.54) is 4.90 Å². The summed E-state index contributed by atoms with van der Waals surface area (Å²) in [6.07, 6.45) is 3.07. The van der Waals surface area contributed by atoms with Gasteiger partial charge in [0.25, 0.3) is 0 Å². The predicted octanol–water partition coefficient (Wildman–Crippen LogP) is 2.25. The highest BCUT2D eigenvalue weighted by molar-refractivity contribution is 6.35. The van der Waals surface area contributed by atoms with Crippen LogP contribution >= 0.6 is 11.6 Å². The third-order valence-corrected chi connectivity index (χ3v) is 5.65. The Hall–Kier alpha value is -2.18. The molecular weight excluding hydrogens is 342 g/mol. The molecule has 2 bridgehead atoms. The summed E-state index contributed by atoms with van der Waals surface area (Å²) in [7, 11) is 0. The Morgan fingerprint density at radius 1 is 1.08 bits per heavy atom. The lowest BCUT2D eigenvalue weighted by Crippen LogP contribution is -2.34. The van der Waals surface area contributed by atoms with Gasteiger partial charge in [-0.05, 0) is 18.4 Å². The van der Waals surface area contributed by atoms with Crippen molar-refractivity contribution in [2.45, 2.75) is 31.6 Å². The second-order valence-corrected chi connectivity index (χ2v) is 7.24. The minimum atomic E-state index is -0.374. The zero-order valence-corrected chi connectivity index (χ0v) is 14.1. The molecule has 6 nitrogen and oxygen atoms in total. The molecule has 4 heterocycles. The zero-order chi connectivity index (χ0) is 17.1. The average molecular weight is 358 g/mol. The topological polar surface area (TPSA) is 64.4 Å². The number of hydrogen-bond donors (Lipinski definition) is 0. The van der Waals surface area contributed by atoms with Crippen molar-refractivity contribution < 1.29 is 14.3 Å². The fourth-order valence-electron chi connectivity index (χ4n) is 4.31. The second kappa shape index (κ2) is 5.41. The molecule has 0 unspecified atom stereocenters. The monoisotopic (exact) mass is 357 g/mol. The summed E-state index contributed by atoms with van der Waals surface area (Å²) < 4.78 is 7.41. The van der Waals surface area contributed by atoms with Crippen molar-refractivity contribution in [1.82, 2.24) is 9.78 Å². The first-order chi connectivity index (χ1) is 12.1. The maximum Gasteiger partial charge on any atom is 0.241 e. The number of hydrogen-bond acceptors (Lipinski definition) is 4. The van der Waals surface area contributed by atoms with E-state index in [1.807, 2.05) is 30.3 Å². The van der Waals surface area contributed by atoms with Gasteiger partial charge in [0.2, 0.25) is 11.8 Å². The van der Waals surface area contributed by atoms with Gasteiger partial charge in [0.15, 0.2) is 5.82 Å². The van der Waals surface area contributed by atoms with Gasteiger partial charge in [0.05, 0.1) is 30.6 Å². The van der Waals surface area contributed by atoms with Crippen LogP contribution in [0.4, 0.5) is 5.82 Å². The van der Waals surface area contributed by atoms with E-state index in [-0.39, 0.29) is 41.7 Å². The van der Waals surface area contributed by atoms with E-state index in [1.54, 1.807) is 10.9 Å². The largest absolute Gasteiger partial charge is 0.373 e. The summed E-state index contributed by atoms with van der Waals surface area (Å²) in [5.41, 5.74) is 1.07. The number of fused-ring (bicyclic) bond motifs is 5. The highest BCUT2D eigenvalue weighted by Gasteiger charge is 2.63. The van der Waals surface area contributed by atoms with Crippen LogP contribution < -0.4 is 4.90 Å². The second-order valence-electron chi connectivity index (χ2n) is 6.84. The van der Waals surface area contributed by atoms with Crippen molar-refractivity contribution in [1.29, 1.82) is 0 Å². The fraction of sp³-hybridized carbons (Fsp3) is 0.389. The van der Waals surface area contributed by atoms with E-state index in [2.05, 4.69) is 5.10 Å². The number of ether oxygens (including phenoxy) is 1. The molecule has 0 aliphatic carbocycles. The van der Waals surface area contributed by atoms with Gasteiger partial charge < -0.3 is 4.74 Å². The lowest BCUT2D eigenvalue weighted by molar-refractivity contribution is -0.124. The van der Waals surface area contributed by atoms with Gasteiger partial charge in [0, 0.05) is 6.20 Å². The summed E-state index contributed by atoms with van der Waals surface area (Å²) in [6, 6.07) is 9.82. The van der Waals surface area contributed by atoms with Crippen molar-refractivity contribution in [3.05, 3.63) is 47.1 Å². The fourth-order valence-corrected chi connectivity index (χ4v) is 4.55. The van der Waals surface area contributed by atoms with Crippen LogP contribution in [0.2, 0.25) is 5.02 Å². The number of carbonyl (C=O) groups excluding carboxylic acids is 2. The predicted molar refractivity (Wildman–Crippen MR) is 90.1 cm³/mol. The summed E-state index contributed by atoms with van der Waals surface area (Å²) in [5.74, 6) is -0.965. The first kappa shape index (κ1) is 15.1. The van der Waals surface area contributed by atoms with E-state index in [4.69, 9.17) is 16.3 Å². The third kappa shape index (κ3) is 2.17. The van der Waals surface area contributed by atoms with Gasteiger partial charge in [-0.3, -0.25) is 14.3 Å². The molecule has 25 heavy (non-hydrogen) atoms. The van der Waals surface area contributed by atoms with Crippen LogP contribution in [0.15, 0.2) is 36.5 Å². The molecule has 0 spiro atoms. The zero-order valence-electron chi connectivity index (χ0n) is 13.3. The maximum atomic E-state index is 12.8. The van der Waals surface area contributed by atoms with E-state index in [9.17, 15) is 9.59 Å². The molecule has 2 amide bonds. The number of amides is 2. The van der Waals surface area contributed by atoms with Crippen LogP contribution in [0.25, 0.3) is 0 Å².